The summed E-state index contributed by atoms with van der Waals surface area (Å²) < 4.78 is 10.7. The lowest BCUT2D eigenvalue weighted by Gasteiger charge is -2.07. The summed E-state index contributed by atoms with van der Waals surface area (Å²) in [5.74, 6) is 0.194. The van der Waals surface area contributed by atoms with Crippen molar-refractivity contribution in [2.45, 2.75) is 13.8 Å². The minimum atomic E-state index is -0.475. The van der Waals surface area contributed by atoms with Crippen molar-refractivity contribution >= 4 is 22.6 Å². The molecule has 0 fully saturated rings. The van der Waals surface area contributed by atoms with Crippen LogP contribution in [0, 0.1) is 13.8 Å². The van der Waals surface area contributed by atoms with Gasteiger partial charge in [0, 0.05) is 11.8 Å². The number of benzene rings is 2. The van der Waals surface area contributed by atoms with Crippen LogP contribution in [0.2, 0.25) is 0 Å². The lowest BCUT2D eigenvalue weighted by Crippen LogP contribution is -2.15. The minimum absolute atomic E-state index is 0.0217. The van der Waals surface area contributed by atoms with Gasteiger partial charge >= 0.3 is 0 Å². The van der Waals surface area contributed by atoms with E-state index in [1.165, 1.54) is 6.07 Å². The van der Waals surface area contributed by atoms with Crippen molar-refractivity contribution in [1.29, 1.82) is 0 Å². The van der Waals surface area contributed by atoms with Crippen molar-refractivity contribution < 1.29 is 13.9 Å². The first-order chi connectivity index (χ1) is 11.5. The fourth-order valence-corrected chi connectivity index (χ4v) is 2.39. The molecule has 0 spiro atoms. The molecule has 122 valence electrons. The van der Waals surface area contributed by atoms with Crippen molar-refractivity contribution in [3.05, 3.63) is 69.6 Å². The van der Waals surface area contributed by atoms with Crippen molar-refractivity contribution in [2.24, 2.45) is 0 Å². The molecule has 0 saturated carbocycles. The van der Waals surface area contributed by atoms with E-state index in [0.717, 1.165) is 11.1 Å². The maximum absolute atomic E-state index is 12.3. The molecular weight excluding hydrogens is 306 g/mol. The van der Waals surface area contributed by atoms with Gasteiger partial charge in [0.05, 0.1) is 12.5 Å². The molecule has 1 heterocycles. The molecule has 0 unspecified atom stereocenters. The molecule has 0 atom stereocenters. The monoisotopic (exact) mass is 323 g/mol. The maximum atomic E-state index is 12.3. The summed E-state index contributed by atoms with van der Waals surface area (Å²) in [6.45, 7) is 3.86. The molecule has 1 aromatic heterocycles. The van der Waals surface area contributed by atoms with Gasteiger partial charge < -0.3 is 14.5 Å². The molecule has 24 heavy (non-hydrogen) atoms. The molecule has 0 aliphatic carbocycles. The number of aryl methyl sites for hydroxylation is 2. The molecule has 0 radical (unpaired) electrons. The quantitative estimate of drug-likeness (QED) is 0.798. The molecular formula is C19H17NO4. The highest BCUT2D eigenvalue weighted by Crippen LogP contribution is 2.19. The summed E-state index contributed by atoms with van der Waals surface area (Å²) >= 11 is 0. The Hall–Kier alpha value is -3.08. The van der Waals surface area contributed by atoms with Crippen LogP contribution in [-0.4, -0.2) is 13.0 Å². The van der Waals surface area contributed by atoms with Crippen LogP contribution in [0.3, 0.4) is 0 Å². The summed E-state index contributed by atoms with van der Waals surface area (Å²) in [4.78, 5) is 24.6. The molecule has 2 aromatic carbocycles. The third-order valence-corrected chi connectivity index (χ3v) is 3.92. The summed E-state index contributed by atoms with van der Waals surface area (Å²) in [7, 11) is 1.57. The van der Waals surface area contributed by atoms with Gasteiger partial charge in [0.25, 0.3) is 5.91 Å². The summed E-state index contributed by atoms with van der Waals surface area (Å²) in [5.41, 5.74) is 2.76. The van der Waals surface area contributed by atoms with Crippen LogP contribution < -0.4 is 15.5 Å². The zero-order chi connectivity index (χ0) is 17.3. The number of carbonyl (C=O) groups excluding carboxylic acids is 1. The fraction of sp³-hybridized carbons (Fsp3) is 0.158. The predicted molar refractivity (Wildman–Crippen MR) is 92.9 cm³/mol. The number of hydrogen-bond acceptors (Lipinski definition) is 4. The standard InChI is InChI=1S/C19H17NO4/c1-11-8-15-16(21)10-18(24-17(15)9-12(11)2)19(22)20-13-4-6-14(23-3)7-5-13/h4-10H,1-3H3,(H,20,22). The highest BCUT2D eigenvalue weighted by Gasteiger charge is 2.13. The molecule has 1 N–H and O–H groups in total. The van der Waals surface area contributed by atoms with Crippen molar-refractivity contribution in [3.63, 3.8) is 0 Å². The Balaban J connectivity index is 1.94. The lowest BCUT2D eigenvalue weighted by atomic mass is 10.1. The van der Waals surface area contributed by atoms with Gasteiger partial charge in [-0.3, -0.25) is 9.59 Å². The van der Waals surface area contributed by atoms with Crippen LogP contribution in [0.1, 0.15) is 21.7 Å². The van der Waals surface area contributed by atoms with Gasteiger partial charge in [0.1, 0.15) is 11.3 Å². The average molecular weight is 323 g/mol. The topological polar surface area (TPSA) is 68.5 Å². The van der Waals surface area contributed by atoms with E-state index in [1.807, 2.05) is 13.8 Å². The van der Waals surface area contributed by atoms with Crippen molar-refractivity contribution in [1.82, 2.24) is 0 Å². The Morgan fingerprint density at radius 2 is 1.71 bits per heavy atom. The number of nitrogens with one attached hydrogen (secondary N) is 1. The molecule has 0 aliphatic rings. The second-order valence-corrected chi connectivity index (χ2v) is 5.59. The van der Waals surface area contributed by atoms with E-state index < -0.39 is 5.91 Å². The third kappa shape index (κ3) is 3.01. The Kier molecular flexibility index (Phi) is 4.08. The number of carbonyl (C=O) groups is 1. The Morgan fingerprint density at radius 1 is 1.04 bits per heavy atom. The second-order valence-electron chi connectivity index (χ2n) is 5.59. The van der Waals surface area contributed by atoms with E-state index in [9.17, 15) is 9.59 Å². The smallest absolute Gasteiger partial charge is 0.291 e. The Bertz CT molecular complexity index is 971. The second kappa shape index (κ2) is 6.20. The van der Waals surface area contributed by atoms with Crippen LogP contribution >= 0.6 is 0 Å². The van der Waals surface area contributed by atoms with Gasteiger partial charge in [-0.05, 0) is 61.4 Å². The van der Waals surface area contributed by atoms with E-state index >= 15 is 0 Å². The largest absolute Gasteiger partial charge is 0.497 e. The number of amides is 1. The first kappa shape index (κ1) is 15.8. The minimum Gasteiger partial charge on any atom is -0.497 e. The van der Waals surface area contributed by atoms with Gasteiger partial charge in [-0.1, -0.05) is 0 Å². The van der Waals surface area contributed by atoms with Crippen LogP contribution in [0.5, 0.6) is 5.75 Å². The number of fused-ring (bicyclic) bond motifs is 1. The van der Waals surface area contributed by atoms with Crippen molar-refractivity contribution in [3.8, 4) is 5.75 Å². The van der Waals surface area contributed by atoms with E-state index in [-0.39, 0.29) is 11.2 Å². The summed E-state index contributed by atoms with van der Waals surface area (Å²) in [5, 5.41) is 3.17. The number of rotatable bonds is 3. The first-order valence-corrected chi connectivity index (χ1v) is 7.48. The molecule has 5 heteroatoms. The molecule has 3 aromatic rings. The van der Waals surface area contributed by atoms with E-state index in [1.54, 1.807) is 43.5 Å². The van der Waals surface area contributed by atoms with Crippen molar-refractivity contribution in [2.75, 3.05) is 12.4 Å². The predicted octanol–water partition coefficient (Wildman–Crippen LogP) is 3.67. The number of anilines is 1. The summed E-state index contributed by atoms with van der Waals surface area (Å²) in [6.07, 6.45) is 0. The molecule has 0 bridgehead atoms. The molecule has 5 nitrogen and oxygen atoms in total. The van der Waals surface area contributed by atoms with Crippen LogP contribution in [0.25, 0.3) is 11.0 Å². The van der Waals surface area contributed by atoms with E-state index in [4.69, 9.17) is 9.15 Å². The summed E-state index contributed by atoms with van der Waals surface area (Å²) in [6, 6.07) is 11.7. The zero-order valence-corrected chi connectivity index (χ0v) is 13.7. The molecule has 1 amide bonds. The van der Waals surface area contributed by atoms with Gasteiger partial charge in [-0.15, -0.1) is 0 Å². The number of hydrogen-bond donors (Lipinski definition) is 1. The van der Waals surface area contributed by atoms with Gasteiger partial charge in [-0.2, -0.15) is 0 Å². The van der Waals surface area contributed by atoms with Gasteiger partial charge in [0.15, 0.2) is 11.2 Å². The number of ether oxygens (including phenoxy) is 1. The average Bonchev–Trinajstić information content (AvgIpc) is 2.57. The van der Waals surface area contributed by atoms with E-state index in [2.05, 4.69) is 5.32 Å². The third-order valence-electron chi connectivity index (χ3n) is 3.92. The normalized spacial score (nSPS) is 10.6. The Labute approximate surface area is 138 Å². The SMILES string of the molecule is COc1ccc(NC(=O)c2cc(=O)c3cc(C)c(C)cc3o2)cc1. The molecule has 0 saturated heterocycles. The van der Waals surface area contributed by atoms with Crippen LogP contribution in [0.15, 0.2) is 51.7 Å². The number of methoxy groups -OCH3 is 1. The highest BCUT2D eigenvalue weighted by atomic mass is 16.5. The van der Waals surface area contributed by atoms with Gasteiger partial charge in [0.2, 0.25) is 0 Å². The van der Waals surface area contributed by atoms with Crippen LogP contribution in [-0.2, 0) is 0 Å². The molecule has 0 aliphatic heterocycles. The highest BCUT2D eigenvalue weighted by molar-refractivity contribution is 6.03. The zero-order valence-electron chi connectivity index (χ0n) is 13.7. The fourth-order valence-electron chi connectivity index (χ4n) is 2.39. The van der Waals surface area contributed by atoms with Gasteiger partial charge in [-0.25, -0.2) is 0 Å². The lowest BCUT2D eigenvalue weighted by molar-refractivity contribution is 0.0997. The van der Waals surface area contributed by atoms with Crippen LogP contribution in [0.4, 0.5) is 5.69 Å². The maximum Gasteiger partial charge on any atom is 0.291 e. The Morgan fingerprint density at radius 3 is 2.38 bits per heavy atom. The van der Waals surface area contributed by atoms with E-state index in [0.29, 0.717) is 22.4 Å². The first-order valence-electron chi connectivity index (χ1n) is 7.48. The molecule has 3 rings (SSSR count).